The summed E-state index contributed by atoms with van der Waals surface area (Å²) in [7, 11) is 1.46. The van der Waals surface area contributed by atoms with Crippen LogP contribution in [-0.4, -0.2) is 35.4 Å². The first-order chi connectivity index (χ1) is 15.9. The molecule has 1 heterocycles. The Kier molecular flexibility index (Phi) is 6.47. The van der Waals surface area contributed by atoms with Crippen molar-refractivity contribution in [1.82, 2.24) is 4.90 Å². The van der Waals surface area contributed by atoms with Gasteiger partial charge in [-0.25, -0.2) is 4.39 Å². The van der Waals surface area contributed by atoms with Gasteiger partial charge in [-0.2, -0.15) is 0 Å². The van der Waals surface area contributed by atoms with Crippen molar-refractivity contribution in [2.75, 3.05) is 13.7 Å². The molecule has 0 aromatic heterocycles. The van der Waals surface area contributed by atoms with Crippen molar-refractivity contribution in [3.63, 3.8) is 0 Å². The van der Waals surface area contributed by atoms with Gasteiger partial charge in [-0.15, -0.1) is 0 Å². The van der Waals surface area contributed by atoms with E-state index in [2.05, 4.69) is 0 Å². The fourth-order valence-electron chi connectivity index (χ4n) is 3.99. The maximum Gasteiger partial charge on any atom is 0.295 e. The fraction of sp³-hybridized carbons (Fsp3) is 0.154. The molecule has 0 bridgehead atoms. The first-order valence-electron chi connectivity index (χ1n) is 10.3. The van der Waals surface area contributed by atoms with E-state index in [0.717, 1.165) is 5.56 Å². The lowest BCUT2D eigenvalue weighted by atomic mass is 9.95. The van der Waals surface area contributed by atoms with Crippen LogP contribution in [0.25, 0.3) is 5.76 Å². The molecule has 1 aliphatic heterocycles. The van der Waals surface area contributed by atoms with Crippen LogP contribution in [0.3, 0.4) is 0 Å². The predicted octanol–water partition coefficient (Wildman–Crippen LogP) is 5.15. The minimum Gasteiger partial charge on any atom is -0.507 e. The molecule has 33 heavy (non-hydrogen) atoms. The summed E-state index contributed by atoms with van der Waals surface area (Å²) in [4.78, 5) is 27.6. The molecule has 4 rings (SSSR count). The monoisotopic (exact) mass is 465 g/mol. The highest BCUT2D eigenvalue weighted by atomic mass is 35.5. The molecule has 1 atom stereocenters. The van der Waals surface area contributed by atoms with Gasteiger partial charge in [0.15, 0.2) is 0 Å². The van der Waals surface area contributed by atoms with Crippen molar-refractivity contribution in [1.29, 1.82) is 0 Å². The van der Waals surface area contributed by atoms with Crippen molar-refractivity contribution >= 4 is 29.1 Å². The van der Waals surface area contributed by atoms with Gasteiger partial charge < -0.3 is 14.7 Å². The Labute approximate surface area is 195 Å². The number of ether oxygens (including phenoxy) is 1. The number of carbonyl (C=O) groups is 2. The molecule has 0 radical (unpaired) electrons. The van der Waals surface area contributed by atoms with Gasteiger partial charge in [0.25, 0.3) is 11.7 Å². The van der Waals surface area contributed by atoms with Crippen LogP contribution in [0.5, 0.6) is 5.75 Å². The molecule has 168 valence electrons. The van der Waals surface area contributed by atoms with Crippen molar-refractivity contribution < 1.29 is 23.8 Å². The molecular weight excluding hydrogens is 445 g/mol. The van der Waals surface area contributed by atoms with Crippen LogP contribution in [0, 0.1) is 5.82 Å². The van der Waals surface area contributed by atoms with E-state index in [-0.39, 0.29) is 23.7 Å². The number of rotatable bonds is 6. The molecule has 5 nitrogen and oxygen atoms in total. The SMILES string of the molecule is COc1ccccc1/C(O)=C1/C(=O)C(=O)N(CCc2ccc(F)cc2)C1c1ccc(Cl)cc1. The largest absolute Gasteiger partial charge is 0.507 e. The quantitative estimate of drug-likeness (QED) is 0.310. The number of likely N-dealkylation sites (tertiary alicyclic amines) is 1. The van der Waals surface area contributed by atoms with Gasteiger partial charge in [0.2, 0.25) is 0 Å². The molecule has 1 aliphatic rings. The van der Waals surface area contributed by atoms with Gasteiger partial charge >= 0.3 is 0 Å². The lowest BCUT2D eigenvalue weighted by Crippen LogP contribution is -2.31. The molecule has 1 amide bonds. The summed E-state index contributed by atoms with van der Waals surface area (Å²) in [6.45, 7) is 0.201. The summed E-state index contributed by atoms with van der Waals surface area (Å²) in [5.74, 6) is -1.78. The van der Waals surface area contributed by atoms with Crippen LogP contribution >= 0.6 is 11.6 Å². The van der Waals surface area contributed by atoms with Gasteiger partial charge in [-0.3, -0.25) is 9.59 Å². The minimum atomic E-state index is -0.812. The maximum atomic E-state index is 13.3. The van der Waals surface area contributed by atoms with Crippen molar-refractivity contribution in [2.45, 2.75) is 12.5 Å². The number of carbonyl (C=O) groups excluding carboxylic acids is 2. The lowest BCUT2D eigenvalue weighted by Gasteiger charge is -2.25. The van der Waals surface area contributed by atoms with Crippen LogP contribution < -0.4 is 4.74 Å². The van der Waals surface area contributed by atoms with Gasteiger partial charge in [0.05, 0.1) is 24.3 Å². The molecule has 0 aliphatic carbocycles. The molecule has 1 N–H and O–H groups in total. The van der Waals surface area contributed by atoms with Crippen molar-refractivity contribution in [3.8, 4) is 5.75 Å². The summed E-state index contributed by atoms with van der Waals surface area (Å²) in [5.41, 5.74) is 1.74. The lowest BCUT2D eigenvalue weighted by molar-refractivity contribution is -0.139. The zero-order valence-electron chi connectivity index (χ0n) is 17.8. The number of nitrogens with zero attached hydrogens (tertiary/aromatic N) is 1. The summed E-state index contributed by atoms with van der Waals surface area (Å²) in [6, 6.07) is 18.7. The highest BCUT2D eigenvalue weighted by molar-refractivity contribution is 6.46. The van der Waals surface area contributed by atoms with E-state index >= 15 is 0 Å². The number of ketones is 1. The number of methoxy groups -OCH3 is 1. The summed E-state index contributed by atoms with van der Waals surface area (Å²) >= 11 is 6.04. The Morgan fingerprint density at radius 3 is 2.36 bits per heavy atom. The summed E-state index contributed by atoms with van der Waals surface area (Å²) in [6.07, 6.45) is 0.409. The first-order valence-corrected chi connectivity index (χ1v) is 10.7. The molecule has 0 spiro atoms. The number of hydrogen-bond donors (Lipinski definition) is 1. The number of aliphatic hydroxyl groups is 1. The molecule has 1 unspecified atom stereocenters. The molecule has 3 aromatic carbocycles. The number of Topliss-reactive ketones (excluding diaryl/α,β-unsaturated/α-hetero) is 1. The van der Waals surface area contributed by atoms with E-state index in [0.29, 0.717) is 28.3 Å². The number of amides is 1. The van der Waals surface area contributed by atoms with Crippen LogP contribution in [0.15, 0.2) is 78.4 Å². The second-order valence-corrected chi connectivity index (χ2v) is 8.06. The maximum absolute atomic E-state index is 13.3. The number of halogens is 2. The first kappa shape index (κ1) is 22.6. The van der Waals surface area contributed by atoms with E-state index in [1.165, 1.54) is 24.1 Å². The van der Waals surface area contributed by atoms with Crippen molar-refractivity contribution in [2.24, 2.45) is 0 Å². The number of para-hydroxylation sites is 1. The average molecular weight is 466 g/mol. The molecule has 7 heteroatoms. The molecule has 0 saturated carbocycles. The zero-order chi connectivity index (χ0) is 23.5. The minimum absolute atomic E-state index is 0.0223. The van der Waals surface area contributed by atoms with Gasteiger partial charge in [0, 0.05) is 11.6 Å². The fourth-order valence-corrected chi connectivity index (χ4v) is 4.11. The third kappa shape index (κ3) is 4.47. The third-order valence-corrected chi connectivity index (χ3v) is 5.89. The Morgan fingerprint density at radius 1 is 1.03 bits per heavy atom. The Balaban J connectivity index is 1.79. The standard InChI is InChI=1S/C26H21ClFNO4/c1-33-21-5-3-2-4-20(21)24(30)22-23(17-8-10-18(27)11-9-17)29(26(32)25(22)31)15-14-16-6-12-19(28)13-7-16/h2-13,23,30H,14-15H2,1H3/b24-22-. The van der Waals surface area contributed by atoms with E-state index < -0.39 is 17.7 Å². The number of aliphatic hydroxyl groups excluding tert-OH is 1. The Bertz CT molecular complexity index is 1220. The normalized spacial score (nSPS) is 17.4. The van der Waals surface area contributed by atoms with Gasteiger partial charge in [-0.05, 0) is 53.9 Å². The zero-order valence-corrected chi connectivity index (χ0v) is 18.6. The van der Waals surface area contributed by atoms with Crippen LogP contribution in [-0.2, 0) is 16.0 Å². The smallest absolute Gasteiger partial charge is 0.295 e. The molecule has 3 aromatic rings. The average Bonchev–Trinajstić information content (AvgIpc) is 3.08. The second-order valence-electron chi connectivity index (χ2n) is 7.62. The highest BCUT2D eigenvalue weighted by Crippen LogP contribution is 2.41. The van der Waals surface area contributed by atoms with E-state index in [9.17, 15) is 19.1 Å². The van der Waals surface area contributed by atoms with E-state index in [1.807, 2.05) is 0 Å². The van der Waals surface area contributed by atoms with Crippen LogP contribution in [0.4, 0.5) is 4.39 Å². The topological polar surface area (TPSA) is 66.8 Å². The Morgan fingerprint density at radius 2 is 1.70 bits per heavy atom. The summed E-state index contributed by atoms with van der Waals surface area (Å²) in [5, 5.41) is 11.7. The number of benzene rings is 3. The third-order valence-electron chi connectivity index (χ3n) is 5.64. The molecule has 1 saturated heterocycles. The molecular formula is C26H21ClFNO4. The van der Waals surface area contributed by atoms with E-state index in [1.54, 1.807) is 60.7 Å². The van der Waals surface area contributed by atoms with Crippen LogP contribution in [0.2, 0.25) is 5.02 Å². The second kappa shape index (κ2) is 9.46. The van der Waals surface area contributed by atoms with Gasteiger partial charge in [0.1, 0.15) is 17.3 Å². The number of hydrogen-bond acceptors (Lipinski definition) is 4. The highest BCUT2D eigenvalue weighted by Gasteiger charge is 2.46. The summed E-state index contributed by atoms with van der Waals surface area (Å²) < 4.78 is 18.6. The Hall–Kier alpha value is -3.64. The van der Waals surface area contributed by atoms with Crippen molar-refractivity contribution in [3.05, 3.63) is 106 Å². The van der Waals surface area contributed by atoms with Crippen LogP contribution in [0.1, 0.15) is 22.7 Å². The van der Waals surface area contributed by atoms with E-state index in [4.69, 9.17) is 16.3 Å². The molecule has 1 fully saturated rings. The van der Waals surface area contributed by atoms with Gasteiger partial charge in [-0.1, -0.05) is 48.0 Å². The predicted molar refractivity (Wildman–Crippen MR) is 124 cm³/mol.